The van der Waals surface area contributed by atoms with Crippen molar-refractivity contribution in [2.75, 3.05) is 0 Å². The van der Waals surface area contributed by atoms with Gasteiger partial charge in [-0.3, -0.25) is 0 Å². The normalized spacial score (nSPS) is 16.8. The van der Waals surface area contributed by atoms with Gasteiger partial charge in [0.2, 0.25) is 0 Å². The lowest BCUT2D eigenvalue weighted by atomic mass is 9.87. The minimum Gasteiger partial charge on any atom is -0.464 e. The van der Waals surface area contributed by atoms with E-state index in [4.69, 9.17) is 4.42 Å². The van der Waals surface area contributed by atoms with E-state index in [0.29, 0.717) is 5.92 Å². The lowest BCUT2D eigenvalue weighted by Crippen LogP contribution is -2.09. The lowest BCUT2D eigenvalue weighted by molar-refractivity contribution is 0.601. The maximum Gasteiger partial charge on any atom is 0.134 e. The van der Waals surface area contributed by atoms with Gasteiger partial charge < -0.3 is 4.42 Å². The summed E-state index contributed by atoms with van der Waals surface area (Å²) >= 11 is 3.94. The maximum absolute atomic E-state index is 5.59. The van der Waals surface area contributed by atoms with Crippen LogP contribution in [0.25, 0.3) is 31.5 Å². The van der Waals surface area contributed by atoms with Crippen LogP contribution in [0.15, 0.2) is 71.3 Å². The van der Waals surface area contributed by atoms with Gasteiger partial charge in [0.05, 0.1) is 6.26 Å². The molecule has 0 amide bonds. The molecule has 1 aliphatic rings. The molecular formula is C24H18OS2. The molecule has 0 saturated heterocycles. The van der Waals surface area contributed by atoms with E-state index in [1.165, 1.54) is 45.2 Å². The fraction of sp³-hybridized carbons (Fsp3) is 0.167. The SMILES string of the molecule is c1ccc2sc(C3CCc4sc(-c5ccc6ccoc6c5)cc4C3)cc2c1. The predicted molar refractivity (Wildman–Crippen MR) is 116 cm³/mol. The summed E-state index contributed by atoms with van der Waals surface area (Å²) in [6, 6.07) is 22.2. The summed E-state index contributed by atoms with van der Waals surface area (Å²) in [5.74, 6) is 0.657. The van der Waals surface area contributed by atoms with E-state index >= 15 is 0 Å². The Morgan fingerprint density at radius 2 is 1.85 bits per heavy atom. The van der Waals surface area contributed by atoms with Gasteiger partial charge in [-0.15, -0.1) is 22.7 Å². The average Bonchev–Trinajstić information content (AvgIpc) is 3.42. The third-order valence-electron chi connectivity index (χ3n) is 5.67. The number of fused-ring (bicyclic) bond motifs is 3. The fourth-order valence-electron chi connectivity index (χ4n) is 4.22. The van der Waals surface area contributed by atoms with Gasteiger partial charge in [0.25, 0.3) is 0 Å². The monoisotopic (exact) mass is 386 g/mol. The van der Waals surface area contributed by atoms with E-state index in [1.807, 2.05) is 28.7 Å². The summed E-state index contributed by atoms with van der Waals surface area (Å²) in [4.78, 5) is 4.49. The smallest absolute Gasteiger partial charge is 0.134 e. The molecule has 132 valence electrons. The Labute approximate surface area is 165 Å². The van der Waals surface area contributed by atoms with Crippen LogP contribution in [-0.4, -0.2) is 0 Å². The highest BCUT2D eigenvalue weighted by Crippen LogP contribution is 2.43. The summed E-state index contributed by atoms with van der Waals surface area (Å²) in [5, 5.41) is 2.56. The molecule has 3 heterocycles. The largest absolute Gasteiger partial charge is 0.464 e. The quantitative estimate of drug-likeness (QED) is 0.304. The standard InChI is InChI=1S/C24H18OS2/c1-2-4-21-16(3-1)13-23(26-21)17-7-8-22-19(11-17)14-24(27-22)18-6-5-15-9-10-25-20(15)12-18/h1-6,9-10,12-14,17H,7-8,11H2. The fourth-order valence-corrected chi connectivity index (χ4v) is 6.62. The van der Waals surface area contributed by atoms with E-state index in [0.717, 1.165) is 5.58 Å². The number of rotatable bonds is 2. The van der Waals surface area contributed by atoms with Crippen LogP contribution in [0.5, 0.6) is 0 Å². The third-order valence-corrected chi connectivity index (χ3v) is 8.24. The zero-order valence-corrected chi connectivity index (χ0v) is 16.4. The summed E-state index contributed by atoms with van der Waals surface area (Å²) in [6.07, 6.45) is 5.39. The highest BCUT2D eigenvalue weighted by Gasteiger charge is 2.24. The van der Waals surface area contributed by atoms with E-state index in [1.54, 1.807) is 21.6 Å². The number of benzene rings is 2. The summed E-state index contributed by atoms with van der Waals surface area (Å²) in [6.45, 7) is 0. The van der Waals surface area contributed by atoms with Crippen LogP contribution in [0.4, 0.5) is 0 Å². The average molecular weight is 387 g/mol. The summed E-state index contributed by atoms with van der Waals surface area (Å²) in [7, 11) is 0. The molecule has 0 aliphatic heterocycles. The van der Waals surface area contributed by atoms with Crippen molar-refractivity contribution in [1.29, 1.82) is 0 Å². The van der Waals surface area contributed by atoms with Crippen molar-refractivity contribution in [2.45, 2.75) is 25.2 Å². The van der Waals surface area contributed by atoms with Gasteiger partial charge >= 0.3 is 0 Å². The van der Waals surface area contributed by atoms with Crippen molar-refractivity contribution in [2.24, 2.45) is 0 Å². The zero-order chi connectivity index (χ0) is 17.8. The van der Waals surface area contributed by atoms with Gasteiger partial charge in [0, 0.05) is 24.7 Å². The molecule has 0 N–H and O–H groups in total. The van der Waals surface area contributed by atoms with Crippen molar-refractivity contribution >= 4 is 43.7 Å². The Morgan fingerprint density at radius 1 is 0.889 bits per heavy atom. The van der Waals surface area contributed by atoms with Gasteiger partial charge in [0.1, 0.15) is 5.58 Å². The van der Waals surface area contributed by atoms with Crippen molar-refractivity contribution in [3.63, 3.8) is 0 Å². The molecular weight excluding hydrogens is 368 g/mol. The maximum atomic E-state index is 5.59. The first-order valence-corrected chi connectivity index (χ1v) is 11.0. The Morgan fingerprint density at radius 3 is 2.81 bits per heavy atom. The summed E-state index contributed by atoms with van der Waals surface area (Å²) < 4.78 is 7.00. The predicted octanol–water partition coefficient (Wildman–Crippen LogP) is 7.65. The molecule has 1 nitrogen and oxygen atoms in total. The van der Waals surface area contributed by atoms with Gasteiger partial charge in [-0.25, -0.2) is 0 Å². The first kappa shape index (κ1) is 15.7. The van der Waals surface area contributed by atoms with Crippen molar-refractivity contribution < 1.29 is 4.42 Å². The molecule has 27 heavy (non-hydrogen) atoms. The number of hydrogen-bond acceptors (Lipinski definition) is 3. The van der Waals surface area contributed by atoms with Crippen LogP contribution in [0.1, 0.15) is 27.7 Å². The van der Waals surface area contributed by atoms with Crippen LogP contribution in [0.2, 0.25) is 0 Å². The zero-order valence-electron chi connectivity index (χ0n) is 14.8. The third kappa shape index (κ3) is 2.65. The second kappa shape index (κ2) is 6.08. The minimum atomic E-state index is 0.657. The van der Waals surface area contributed by atoms with E-state index in [-0.39, 0.29) is 0 Å². The van der Waals surface area contributed by atoms with Crippen molar-refractivity contribution in [3.05, 3.63) is 82.2 Å². The highest BCUT2D eigenvalue weighted by atomic mass is 32.1. The van der Waals surface area contributed by atoms with Gasteiger partial charge in [-0.1, -0.05) is 30.3 Å². The van der Waals surface area contributed by atoms with E-state index in [2.05, 4.69) is 54.6 Å². The summed E-state index contributed by atoms with van der Waals surface area (Å²) in [5.41, 5.74) is 3.79. The highest BCUT2D eigenvalue weighted by molar-refractivity contribution is 7.19. The number of thiophene rings is 2. The molecule has 0 radical (unpaired) electrons. The topological polar surface area (TPSA) is 13.1 Å². The van der Waals surface area contributed by atoms with Crippen molar-refractivity contribution in [3.8, 4) is 10.4 Å². The molecule has 3 heteroatoms. The molecule has 6 rings (SSSR count). The number of furan rings is 1. The molecule has 0 saturated carbocycles. The van der Waals surface area contributed by atoms with Crippen LogP contribution < -0.4 is 0 Å². The van der Waals surface area contributed by atoms with Crippen LogP contribution >= 0.6 is 22.7 Å². The van der Waals surface area contributed by atoms with Gasteiger partial charge in [0.15, 0.2) is 0 Å². The molecule has 0 fully saturated rings. The molecule has 1 atom stereocenters. The van der Waals surface area contributed by atoms with Crippen molar-refractivity contribution in [1.82, 2.24) is 0 Å². The van der Waals surface area contributed by atoms with E-state index in [9.17, 15) is 0 Å². The molecule has 1 aliphatic carbocycles. The Kier molecular flexibility index (Phi) is 3.53. The van der Waals surface area contributed by atoms with Gasteiger partial charge in [-0.2, -0.15) is 0 Å². The molecule has 3 aromatic heterocycles. The van der Waals surface area contributed by atoms with Gasteiger partial charge in [-0.05, 0) is 72.0 Å². The Bertz CT molecular complexity index is 1240. The molecule has 1 unspecified atom stereocenters. The first-order valence-electron chi connectivity index (χ1n) is 9.41. The van der Waals surface area contributed by atoms with Crippen LogP contribution in [-0.2, 0) is 12.8 Å². The van der Waals surface area contributed by atoms with E-state index < -0.39 is 0 Å². The second-order valence-corrected chi connectivity index (χ2v) is 9.61. The molecule has 0 spiro atoms. The Balaban J connectivity index is 1.33. The van der Waals surface area contributed by atoms with Crippen LogP contribution in [0, 0.1) is 0 Å². The molecule has 0 bridgehead atoms. The first-order chi connectivity index (χ1) is 13.3. The minimum absolute atomic E-state index is 0.657. The lowest BCUT2D eigenvalue weighted by Gasteiger charge is -2.20. The number of aryl methyl sites for hydroxylation is 1. The second-order valence-electron chi connectivity index (χ2n) is 7.36. The molecule has 5 aromatic rings. The Hall–Kier alpha value is -2.36. The van der Waals surface area contributed by atoms with Crippen LogP contribution in [0.3, 0.4) is 0 Å². The molecule has 2 aromatic carbocycles. The number of hydrogen-bond donors (Lipinski definition) is 0.